The quantitative estimate of drug-likeness (QED) is 0.403. The van der Waals surface area contributed by atoms with Crippen LogP contribution in [0.25, 0.3) is 0 Å². The minimum Gasteiger partial charge on any atom is -0.0885 e. The summed E-state index contributed by atoms with van der Waals surface area (Å²) in [5.41, 5.74) is 0.458. The van der Waals surface area contributed by atoms with Gasteiger partial charge in [0, 0.05) is 0 Å². The molecule has 0 bridgehead atoms. The SMILES string of the molecule is CCCCCC/C=C/CC(C)(C)C. The zero-order valence-corrected chi connectivity index (χ0v) is 9.90. The van der Waals surface area contributed by atoms with E-state index in [-0.39, 0.29) is 0 Å². The van der Waals surface area contributed by atoms with Gasteiger partial charge in [-0.3, -0.25) is 0 Å². The number of hydrogen-bond acceptors (Lipinski definition) is 0. The van der Waals surface area contributed by atoms with Gasteiger partial charge in [-0.1, -0.05) is 59.1 Å². The molecule has 0 aliphatic carbocycles. The summed E-state index contributed by atoms with van der Waals surface area (Å²) in [6.07, 6.45) is 12.7. The Kier molecular flexibility index (Phi) is 7.03. The van der Waals surface area contributed by atoms with E-state index in [1.54, 1.807) is 0 Å². The minimum atomic E-state index is 0.458. The topological polar surface area (TPSA) is 0 Å². The summed E-state index contributed by atoms with van der Waals surface area (Å²) in [6.45, 7) is 9.12. The first-order valence-corrected chi connectivity index (χ1v) is 5.71. The first-order chi connectivity index (χ1) is 6.06. The second-order valence-electron chi connectivity index (χ2n) is 5.09. The maximum Gasteiger partial charge on any atom is -0.0302 e. The molecule has 0 spiro atoms. The van der Waals surface area contributed by atoms with Gasteiger partial charge >= 0.3 is 0 Å². The smallest absolute Gasteiger partial charge is 0.0302 e. The Morgan fingerprint density at radius 2 is 1.62 bits per heavy atom. The van der Waals surface area contributed by atoms with Gasteiger partial charge in [-0.15, -0.1) is 0 Å². The summed E-state index contributed by atoms with van der Waals surface area (Å²) >= 11 is 0. The van der Waals surface area contributed by atoms with Gasteiger partial charge in [0.05, 0.1) is 0 Å². The Morgan fingerprint density at radius 3 is 2.15 bits per heavy atom. The van der Waals surface area contributed by atoms with Gasteiger partial charge in [-0.2, -0.15) is 0 Å². The van der Waals surface area contributed by atoms with Crippen molar-refractivity contribution in [2.45, 2.75) is 66.2 Å². The maximum absolute atomic E-state index is 2.35. The number of unbranched alkanes of at least 4 members (excludes halogenated alkanes) is 4. The van der Waals surface area contributed by atoms with Crippen LogP contribution in [0.1, 0.15) is 66.2 Å². The highest BCUT2D eigenvalue weighted by Crippen LogP contribution is 2.18. The number of rotatable bonds is 6. The van der Waals surface area contributed by atoms with Gasteiger partial charge in [-0.25, -0.2) is 0 Å². The van der Waals surface area contributed by atoms with Gasteiger partial charge in [-0.05, 0) is 24.7 Å². The van der Waals surface area contributed by atoms with Crippen molar-refractivity contribution in [2.24, 2.45) is 5.41 Å². The van der Waals surface area contributed by atoms with E-state index in [2.05, 4.69) is 39.8 Å². The van der Waals surface area contributed by atoms with Crippen molar-refractivity contribution in [3.05, 3.63) is 12.2 Å². The van der Waals surface area contributed by atoms with Crippen LogP contribution < -0.4 is 0 Å². The molecule has 0 saturated heterocycles. The third-order valence-electron chi connectivity index (χ3n) is 2.12. The molecule has 0 aliphatic rings. The van der Waals surface area contributed by atoms with Crippen LogP contribution in [0, 0.1) is 5.41 Å². The van der Waals surface area contributed by atoms with Gasteiger partial charge < -0.3 is 0 Å². The van der Waals surface area contributed by atoms with Gasteiger partial charge in [0.1, 0.15) is 0 Å². The summed E-state index contributed by atoms with van der Waals surface area (Å²) in [5, 5.41) is 0. The Morgan fingerprint density at radius 1 is 0.923 bits per heavy atom. The highest BCUT2D eigenvalue weighted by Gasteiger charge is 2.05. The fraction of sp³-hybridized carbons (Fsp3) is 0.846. The maximum atomic E-state index is 2.35. The van der Waals surface area contributed by atoms with E-state index in [1.807, 2.05) is 0 Å². The van der Waals surface area contributed by atoms with Crippen molar-refractivity contribution in [1.82, 2.24) is 0 Å². The first kappa shape index (κ1) is 12.7. The summed E-state index contributed by atoms with van der Waals surface area (Å²) in [5.74, 6) is 0. The van der Waals surface area contributed by atoms with Crippen LogP contribution in [0.4, 0.5) is 0 Å². The molecule has 0 heterocycles. The molecule has 0 aromatic rings. The molecular formula is C13H26. The van der Waals surface area contributed by atoms with Crippen molar-refractivity contribution < 1.29 is 0 Å². The van der Waals surface area contributed by atoms with E-state index in [1.165, 1.54) is 38.5 Å². The molecule has 13 heavy (non-hydrogen) atoms. The van der Waals surface area contributed by atoms with E-state index < -0.39 is 0 Å². The molecule has 0 atom stereocenters. The zero-order valence-electron chi connectivity index (χ0n) is 9.90. The Bertz CT molecular complexity index is 125. The van der Waals surface area contributed by atoms with Crippen molar-refractivity contribution in [3.8, 4) is 0 Å². The molecule has 0 aromatic heterocycles. The van der Waals surface area contributed by atoms with Crippen molar-refractivity contribution in [2.75, 3.05) is 0 Å². The fourth-order valence-electron chi connectivity index (χ4n) is 1.24. The molecule has 0 N–H and O–H groups in total. The molecule has 0 nitrogen and oxygen atoms in total. The lowest BCUT2D eigenvalue weighted by Crippen LogP contribution is -2.01. The third-order valence-corrected chi connectivity index (χ3v) is 2.12. The normalized spacial score (nSPS) is 12.6. The number of allylic oxidation sites excluding steroid dienone is 2. The average Bonchev–Trinajstić information content (AvgIpc) is 2.01. The standard InChI is InChI=1S/C13H26/c1-5-6-7-8-9-10-11-12-13(2,3)4/h10-11H,5-9,12H2,1-4H3/b11-10+. The van der Waals surface area contributed by atoms with Crippen LogP contribution in [0.15, 0.2) is 12.2 Å². The van der Waals surface area contributed by atoms with Crippen LogP contribution in [0.3, 0.4) is 0 Å². The second-order valence-corrected chi connectivity index (χ2v) is 5.09. The van der Waals surface area contributed by atoms with Gasteiger partial charge in [0.25, 0.3) is 0 Å². The highest BCUT2D eigenvalue weighted by atomic mass is 14.1. The third kappa shape index (κ3) is 11.7. The summed E-state index contributed by atoms with van der Waals surface area (Å²) < 4.78 is 0. The van der Waals surface area contributed by atoms with E-state index in [0.29, 0.717) is 5.41 Å². The average molecular weight is 182 g/mol. The van der Waals surface area contributed by atoms with Crippen molar-refractivity contribution >= 4 is 0 Å². The van der Waals surface area contributed by atoms with Crippen molar-refractivity contribution in [1.29, 1.82) is 0 Å². The molecule has 0 unspecified atom stereocenters. The Balaban J connectivity index is 3.22. The first-order valence-electron chi connectivity index (χ1n) is 5.71. The number of hydrogen-bond donors (Lipinski definition) is 0. The Hall–Kier alpha value is -0.260. The molecule has 0 heteroatoms. The van der Waals surface area contributed by atoms with Gasteiger partial charge in [0.2, 0.25) is 0 Å². The van der Waals surface area contributed by atoms with Crippen LogP contribution in [-0.2, 0) is 0 Å². The van der Waals surface area contributed by atoms with Crippen molar-refractivity contribution in [3.63, 3.8) is 0 Å². The molecular weight excluding hydrogens is 156 g/mol. The van der Waals surface area contributed by atoms with Crippen LogP contribution >= 0.6 is 0 Å². The molecule has 0 fully saturated rings. The van der Waals surface area contributed by atoms with E-state index >= 15 is 0 Å². The largest absolute Gasteiger partial charge is 0.0885 e. The fourth-order valence-corrected chi connectivity index (χ4v) is 1.24. The summed E-state index contributed by atoms with van der Waals surface area (Å²) in [6, 6.07) is 0. The lowest BCUT2D eigenvalue weighted by Gasteiger charge is -2.14. The summed E-state index contributed by atoms with van der Waals surface area (Å²) in [4.78, 5) is 0. The molecule has 0 aliphatic heterocycles. The predicted octanol–water partition coefficient (Wildman–Crippen LogP) is 4.95. The lowest BCUT2D eigenvalue weighted by molar-refractivity contribution is 0.420. The lowest BCUT2D eigenvalue weighted by atomic mass is 9.92. The van der Waals surface area contributed by atoms with Crippen LogP contribution in [-0.4, -0.2) is 0 Å². The van der Waals surface area contributed by atoms with Crippen LogP contribution in [0.5, 0.6) is 0 Å². The van der Waals surface area contributed by atoms with E-state index in [4.69, 9.17) is 0 Å². The molecule has 0 radical (unpaired) electrons. The second kappa shape index (κ2) is 7.17. The zero-order chi connectivity index (χ0) is 10.2. The molecule has 78 valence electrons. The molecule has 0 amide bonds. The monoisotopic (exact) mass is 182 g/mol. The van der Waals surface area contributed by atoms with Crippen LogP contribution in [0.2, 0.25) is 0 Å². The molecule has 0 rings (SSSR count). The van der Waals surface area contributed by atoms with E-state index in [9.17, 15) is 0 Å². The van der Waals surface area contributed by atoms with E-state index in [0.717, 1.165) is 0 Å². The molecule has 0 saturated carbocycles. The highest BCUT2D eigenvalue weighted by molar-refractivity contribution is 4.85. The predicted molar refractivity (Wildman–Crippen MR) is 62.0 cm³/mol. The summed E-state index contributed by atoms with van der Waals surface area (Å²) in [7, 11) is 0. The Labute approximate surface area is 84.4 Å². The molecule has 0 aromatic carbocycles. The van der Waals surface area contributed by atoms with Gasteiger partial charge in [0.15, 0.2) is 0 Å². The minimum absolute atomic E-state index is 0.458.